The molecule has 2 aromatic carbocycles. The molecule has 0 radical (unpaired) electrons. The normalized spacial score (nSPS) is 10.2. The van der Waals surface area contributed by atoms with Gasteiger partial charge >= 0.3 is 11.9 Å². The van der Waals surface area contributed by atoms with E-state index in [4.69, 9.17) is 14.2 Å². The van der Waals surface area contributed by atoms with Crippen LogP contribution in [0.2, 0.25) is 0 Å². The second kappa shape index (κ2) is 10.1. The molecule has 0 aliphatic rings. The molecule has 0 aliphatic heterocycles. The zero-order valence-electron chi connectivity index (χ0n) is 14.5. The van der Waals surface area contributed by atoms with Gasteiger partial charge in [-0.3, -0.25) is 14.4 Å². The monoisotopic (exact) mass is 356 g/mol. The molecule has 0 atom stereocenters. The average molecular weight is 356 g/mol. The van der Waals surface area contributed by atoms with E-state index in [1.807, 2.05) is 24.3 Å². The zero-order chi connectivity index (χ0) is 18.8. The predicted octanol–water partition coefficient (Wildman–Crippen LogP) is 3.04. The third-order valence-electron chi connectivity index (χ3n) is 3.55. The summed E-state index contributed by atoms with van der Waals surface area (Å²) in [4.78, 5) is 33.9. The number of methoxy groups -OCH3 is 1. The first-order chi connectivity index (χ1) is 12.6. The molecule has 0 saturated carbocycles. The predicted molar refractivity (Wildman–Crippen MR) is 95.0 cm³/mol. The molecular weight excluding hydrogens is 336 g/mol. The van der Waals surface area contributed by atoms with Gasteiger partial charge in [-0.25, -0.2) is 0 Å². The lowest BCUT2D eigenvalue weighted by molar-refractivity contribution is -0.147. The summed E-state index contributed by atoms with van der Waals surface area (Å²) in [5, 5.41) is 0. The number of benzene rings is 2. The Morgan fingerprint density at radius 3 is 2.00 bits per heavy atom. The highest BCUT2D eigenvalue weighted by atomic mass is 16.6. The average Bonchev–Trinajstić information content (AvgIpc) is 2.67. The smallest absolute Gasteiger partial charge is 0.311 e. The fourth-order valence-electron chi connectivity index (χ4n) is 2.17. The number of hydrogen-bond donors (Lipinski definition) is 0. The minimum atomic E-state index is -0.503. The third kappa shape index (κ3) is 6.14. The van der Waals surface area contributed by atoms with Gasteiger partial charge in [-0.05, 0) is 23.3 Å². The highest BCUT2D eigenvalue weighted by molar-refractivity contribution is 5.79. The SMILES string of the molecule is COCCOC(=O)CCC(=O)Oc1ccc(-c2ccc(C=O)cc2)cc1. The van der Waals surface area contributed by atoms with Gasteiger partial charge in [0.1, 0.15) is 18.6 Å². The molecule has 26 heavy (non-hydrogen) atoms. The summed E-state index contributed by atoms with van der Waals surface area (Å²) in [6, 6.07) is 14.2. The van der Waals surface area contributed by atoms with Crippen LogP contribution in [0.3, 0.4) is 0 Å². The minimum absolute atomic E-state index is 0.0380. The van der Waals surface area contributed by atoms with E-state index in [9.17, 15) is 14.4 Å². The van der Waals surface area contributed by atoms with Gasteiger partial charge in [0.05, 0.1) is 19.4 Å². The largest absolute Gasteiger partial charge is 0.463 e. The van der Waals surface area contributed by atoms with Crippen molar-refractivity contribution in [1.82, 2.24) is 0 Å². The topological polar surface area (TPSA) is 78.9 Å². The Hall–Kier alpha value is -2.99. The van der Waals surface area contributed by atoms with Crippen molar-refractivity contribution in [2.75, 3.05) is 20.3 Å². The van der Waals surface area contributed by atoms with Gasteiger partial charge in [0.15, 0.2) is 0 Å². The Labute approximate surface area is 151 Å². The van der Waals surface area contributed by atoms with Crippen molar-refractivity contribution in [2.45, 2.75) is 12.8 Å². The number of esters is 2. The van der Waals surface area contributed by atoms with Crippen molar-refractivity contribution in [3.05, 3.63) is 54.1 Å². The van der Waals surface area contributed by atoms with Gasteiger partial charge < -0.3 is 14.2 Å². The van der Waals surface area contributed by atoms with Crippen LogP contribution < -0.4 is 4.74 Å². The molecule has 6 heteroatoms. The standard InChI is InChI=1S/C20H20O6/c1-24-12-13-25-19(22)10-11-20(23)26-18-8-6-17(7-9-18)16-4-2-15(14-21)3-5-16/h2-9,14H,10-13H2,1H3. The van der Waals surface area contributed by atoms with Crippen molar-refractivity contribution in [2.24, 2.45) is 0 Å². The first-order valence-electron chi connectivity index (χ1n) is 8.13. The van der Waals surface area contributed by atoms with E-state index >= 15 is 0 Å². The summed E-state index contributed by atoms with van der Waals surface area (Å²) < 4.78 is 14.8. The third-order valence-corrected chi connectivity index (χ3v) is 3.55. The molecule has 2 aromatic rings. The van der Waals surface area contributed by atoms with Gasteiger partial charge in [-0.1, -0.05) is 36.4 Å². The summed E-state index contributed by atoms with van der Waals surface area (Å²) >= 11 is 0. The van der Waals surface area contributed by atoms with Gasteiger partial charge in [-0.2, -0.15) is 0 Å². The molecule has 136 valence electrons. The second-order valence-corrected chi connectivity index (χ2v) is 5.45. The fourth-order valence-corrected chi connectivity index (χ4v) is 2.17. The molecule has 2 rings (SSSR count). The van der Waals surface area contributed by atoms with Crippen LogP contribution in [0.5, 0.6) is 5.75 Å². The van der Waals surface area contributed by atoms with E-state index in [0.29, 0.717) is 17.9 Å². The van der Waals surface area contributed by atoms with Crippen molar-refractivity contribution in [3.8, 4) is 16.9 Å². The van der Waals surface area contributed by atoms with Crippen molar-refractivity contribution in [1.29, 1.82) is 0 Å². The molecule has 0 aromatic heterocycles. The molecule has 0 bridgehead atoms. The molecule has 0 spiro atoms. The number of carbonyl (C=O) groups is 3. The second-order valence-electron chi connectivity index (χ2n) is 5.45. The van der Waals surface area contributed by atoms with Gasteiger partial charge in [-0.15, -0.1) is 0 Å². The van der Waals surface area contributed by atoms with E-state index in [2.05, 4.69) is 0 Å². The van der Waals surface area contributed by atoms with Crippen LogP contribution in [0.1, 0.15) is 23.2 Å². The van der Waals surface area contributed by atoms with Crippen LogP contribution in [-0.4, -0.2) is 38.5 Å². The fraction of sp³-hybridized carbons (Fsp3) is 0.250. The Balaban J connectivity index is 1.83. The first-order valence-corrected chi connectivity index (χ1v) is 8.13. The number of ether oxygens (including phenoxy) is 3. The van der Waals surface area contributed by atoms with Crippen molar-refractivity contribution >= 4 is 18.2 Å². The van der Waals surface area contributed by atoms with E-state index in [1.54, 1.807) is 24.3 Å². The van der Waals surface area contributed by atoms with Crippen LogP contribution >= 0.6 is 0 Å². The highest BCUT2D eigenvalue weighted by Gasteiger charge is 2.10. The lowest BCUT2D eigenvalue weighted by Crippen LogP contribution is -2.14. The van der Waals surface area contributed by atoms with Crippen LogP contribution in [-0.2, 0) is 19.1 Å². The summed E-state index contributed by atoms with van der Waals surface area (Å²) in [5.41, 5.74) is 2.50. The van der Waals surface area contributed by atoms with E-state index in [1.165, 1.54) is 7.11 Å². The van der Waals surface area contributed by atoms with Crippen LogP contribution in [0.15, 0.2) is 48.5 Å². The van der Waals surface area contributed by atoms with Crippen molar-refractivity contribution < 1.29 is 28.6 Å². The molecule has 0 amide bonds. The maximum atomic E-state index is 11.8. The van der Waals surface area contributed by atoms with Crippen molar-refractivity contribution in [3.63, 3.8) is 0 Å². The quantitative estimate of drug-likeness (QED) is 0.297. The Bertz CT molecular complexity index is 734. The van der Waals surface area contributed by atoms with E-state index in [-0.39, 0.29) is 19.4 Å². The molecule has 0 heterocycles. The molecule has 0 N–H and O–H groups in total. The molecule has 0 aliphatic carbocycles. The number of carbonyl (C=O) groups excluding carboxylic acids is 3. The highest BCUT2D eigenvalue weighted by Crippen LogP contribution is 2.23. The molecule has 0 fully saturated rings. The Morgan fingerprint density at radius 1 is 0.846 bits per heavy atom. The van der Waals surface area contributed by atoms with Gasteiger partial charge in [0, 0.05) is 12.7 Å². The Kier molecular flexibility index (Phi) is 7.51. The summed E-state index contributed by atoms with van der Waals surface area (Å²) in [5.74, 6) is -0.569. The van der Waals surface area contributed by atoms with Crippen LogP contribution in [0.4, 0.5) is 0 Å². The molecular formula is C20H20O6. The molecule has 6 nitrogen and oxygen atoms in total. The maximum absolute atomic E-state index is 11.8. The minimum Gasteiger partial charge on any atom is -0.463 e. The number of rotatable bonds is 9. The molecule has 0 saturated heterocycles. The number of aldehydes is 1. The summed E-state index contributed by atoms with van der Waals surface area (Å²) in [7, 11) is 1.51. The van der Waals surface area contributed by atoms with Gasteiger partial charge in [0.25, 0.3) is 0 Å². The lowest BCUT2D eigenvalue weighted by Gasteiger charge is -2.07. The summed E-state index contributed by atoms with van der Waals surface area (Å²) in [6.45, 7) is 0.486. The first kappa shape index (κ1) is 19.3. The Morgan fingerprint density at radius 2 is 1.42 bits per heavy atom. The van der Waals surface area contributed by atoms with Gasteiger partial charge in [0.2, 0.25) is 0 Å². The van der Waals surface area contributed by atoms with E-state index < -0.39 is 11.9 Å². The lowest BCUT2D eigenvalue weighted by atomic mass is 10.0. The maximum Gasteiger partial charge on any atom is 0.311 e. The zero-order valence-corrected chi connectivity index (χ0v) is 14.5. The van der Waals surface area contributed by atoms with E-state index in [0.717, 1.165) is 17.4 Å². The molecule has 0 unspecified atom stereocenters. The summed E-state index contributed by atoms with van der Waals surface area (Å²) in [6.07, 6.45) is 0.699. The number of hydrogen-bond acceptors (Lipinski definition) is 6. The van der Waals surface area contributed by atoms with Crippen LogP contribution in [0, 0.1) is 0 Å². The van der Waals surface area contributed by atoms with Crippen LogP contribution in [0.25, 0.3) is 11.1 Å².